The van der Waals surface area contributed by atoms with Crippen LogP contribution in [-0.2, 0) is 6.42 Å². The molecule has 3 nitrogen and oxygen atoms in total. The highest BCUT2D eigenvalue weighted by atomic mass is 16.5. The van der Waals surface area contributed by atoms with Crippen molar-refractivity contribution in [3.8, 4) is 5.75 Å². The fourth-order valence-corrected chi connectivity index (χ4v) is 3.59. The molecular formula is C18H30N2O. The van der Waals surface area contributed by atoms with Crippen LogP contribution in [0.4, 0.5) is 5.69 Å². The standard InChI is InChI=1S/C18H30N2O/c1-6-15-17(21-5)16(12-13-19-15)20(18(2,3)4)14-10-8-7-9-11-14/h12-14H,6-11H2,1-5H3. The molecule has 1 aliphatic carbocycles. The van der Waals surface area contributed by atoms with Gasteiger partial charge in [-0.2, -0.15) is 0 Å². The Hall–Kier alpha value is -1.25. The van der Waals surface area contributed by atoms with Crippen LogP contribution in [0.25, 0.3) is 0 Å². The summed E-state index contributed by atoms with van der Waals surface area (Å²) in [6.45, 7) is 9.03. The summed E-state index contributed by atoms with van der Waals surface area (Å²) < 4.78 is 5.73. The molecule has 1 saturated carbocycles. The predicted molar refractivity (Wildman–Crippen MR) is 89.3 cm³/mol. The minimum absolute atomic E-state index is 0.0850. The molecule has 2 rings (SSSR count). The van der Waals surface area contributed by atoms with E-state index in [2.05, 4.69) is 43.6 Å². The second-order valence-electron chi connectivity index (χ2n) is 7.00. The predicted octanol–water partition coefficient (Wildman–Crippen LogP) is 4.59. The topological polar surface area (TPSA) is 25.4 Å². The maximum atomic E-state index is 5.73. The third-order valence-corrected chi connectivity index (χ3v) is 4.42. The van der Waals surface area contributed by atoms with Crippen LogP contribution >= 0.6 is 0 Å². The van der Waals surface area contributed by atoms with Gasteiger partial charge in [-0.3, -0.25) is 4.98 Å². The Morgan fingerprint density at radius 3 is 2.43 bits per heavy atom. The van der Waals surface area contributed by atoms with Crippen molar-refractivity contribution in [2.24, 2.45) is 0 Å². The molecule has 118 valence electrons. The van der Waals surface area contributed by atoms with E-state index in [1.807, 2.05) is 6.20 Å². The summed E-state index contributed by atoms with van der Waals surface area (Å²) in [5.74, 6) is 0.959. The second kappa shape index (κ2) is 6.67. The van der Waals surface area contributed by atoms with Crippen molar-refractivity contribution in [2.45, 2.75) is 77.8 Å². The van der Waals surface area contributed by atoms with E-state index >= 15 is 0 Å². The van der Waals surface area contributed by atoms with Crippen LogP contribution in [0.1, 0.15) is 65.5 Å². The maximum Gasteiger partial charge on any atom is 0.163 e. The average Bonchev–Trinajstić information content (AvgIpc) is 2.46. The van der Waals surface area contributed by atoms with Crippen LogP contribution < -0.4 is 9.64 Å². The Morgan fingerprint density at radius 2 is 1.90 bits per heavy atom. The number of hydrogen-bond donors (Lipinski definition) is 0. The number of nitrogens with zero attached hydrogens (tertiary/aromatic N) is 2. The van der Waals surface area contributed by atoms with Gasteiger partial charge >= 0.3 is 0 Å². The van der Waals surface area contributed by atoms with Gasteiger partial charge in [-0.15, -0.1) is 0 Å². The molecule has 1 aromatic heterocycles. The Labute approximate surface area is 129 Å². The van der Waals surface area contributed by atoms with Gasteiger partial charge in [0.05, 0.1) is 18.5 Å². The second-order valence-corrected chi connectivity index (χ2v) is 7.00. The molecule has 0 radical (unpaired) electrons. The Balaban J connectivity index is 2.46. The van der Waals surface area contributed by atoms with E-state index in [-0.39, 0.29) is 5.54 Å². The number of hydrogen-bond acceptors (Lipinski definition) is 3. The molecule has 0 saturated heterocycles. The molecule has 0 unspecified atom stereocenters. The smallest absolute Gasteiger partial charge is 0.163 e. The first kappa shape index (κ1) is 16.1. The number of anilines is 1. The highest BCUT2D eigenvalue weighted by Gasteiger charge is 2.32. The molecule has 1 aliphatic rings. The number of aromatic nitrogens is 1. The van der Waals surface area contributed by atoms with E-state index in [1.165, 1.54) is 37.8 Å². The number of ether oxygens (including phenoxy) is 1. The van der Waals surface area contributed by atoms with Gasteiger partial charge < -0.3 is 9.64 Å². The molecule has 0 spiro atoms. The van der Waals surface area contributed by atoms with Crippen molar-refractivity contribution in [3.63, 3.8) is 0 Å². The van der Waals surface area contributed by atoms with E-state index in [0.717, 1.165) is 17.9 Å². The Morgan fingerprint density at radius 1 is 1.24 bits per heavy atom. The number of methoxy groups -OCH3 is 1. The van der Waals surface area contributed by atoms with Gasteiger partial charge in [-0.05, 0) is 46.1 Å². The first-order valence-corrected chi connectivity index (χ1v) is 8.30. The third kappa shape index (κ3) is 3.50. The van der Waals surface area contributed by atoms with Crippen LogP contribution in [0, 0.1) is 0 Å². The molecule has 0 atom stereocenters. The fraction of sp³-hybridized carbons (Fsp3) is 0.722. The quantitative estimate of drug-likeness (QED) is 0.811. The number of pyridine rings is 1. The van der Waals surface area contributed by atoms with E-state index in [4.69, 9.17) is 4.74 Å². The van der Waals surface area contributed by atoms with Gasteiger partial charge in [0, 0.05) is 17.8 Å². The zero-order chi connectivity index (χ0) is 15.5. The zero-order valence-electron chi connectivity index (χ0n) is 14.3. The largest absolute Gasteiger partial charge is 0.493 e. The molecule has 21 heavy (non-hydrogen) atoms. The van der Waals surface area contributed by atoms with Crippen LogP contribution in [0.2, 0.25) is 0 Å². The minimum Gasteiger partial charge on any atom is -0.493 e. The van der Waals surface area contributed by atoms with E-state index in [0.29, 0.717) is 6.04 Å². The molecule has 1 fully saturated rings. The summed E-state index contributed by atoms with van der Waals surface area (Å²) in [6, 6.07) is 2.73. The SMILES string of the molecule is CCc1nccc(N(C2CCCCC2)C(C)(C)C)c1OC. The van der Waals surface area contributed by atoms with Crippen LogP contribution in [-0.4, -0.2) is 23.7 Å². The fourth-order valence-electron chi connectivity index (χ4n) is 3.59. The number of rotatable bonds is 4. The molecule has 0 N–H and O–H groups in total. The first-order valence-electron chi connectivity index (χ1n) is 8.30. The molecule has 0 amide bonds. The summed E-state index contributed by atoms with van der Waals surface area (Å²) in [6.07, 6.45) is 9.45. The average molecular weight is 290 g/mol. The van der Waals surface area contributed by atoms with Crippen molar-refractivity contribution in [3.05, 3.63) is 18.0 Å². The van der Waals surface area contributed by atoms with Crippen LogP contribution in [0.3, 0.4) is 0 Å². The van der Waals surface area contributed by atoms with Gasteiger partial charge in [0.2, 0.25) is 0 Å². The lowest BCUT2D eigenvalue weighted by molar-refractivity contribution is 0.344. The lowest BCUT2D eigenvalue weighted by atomic mass is 9.90. The van der Waals surface area contributed by atoms with E-state index < -0.39 is 0 Å². The van der Waals surface area contributed by atoms with Crippen LogP contribution in [0.15, 0.2) is 12.3 Å². The third-order valence-electron chi connectivity index (χ3n) is 4.42. The molecule has 3 heteroatoms. The van der Waals surface area contributed by atoms with Gasteiger partial charge in [0.1, 0.15) is 0 Å². The highest BCUT2D eigenvalue weighted by molar-refractivity contribution is 5.62. The molecule has 0 bridgehead atoms. The number of aryl methyl sites for hydroxylation is 1. The molecule has 0 aliphatic heterocycles. The van der Waals surface area contributed by atoms with Gasteiger partial charge in [0.15, 0.2) is 5.75 Å². The summed E-state index contributed by atoms with van der Waals surface area (Å²) in [4.78, 5) is 7.06. The normalized spacial score (nSPS) is 16.8. The summed E-state index contributed by atoms with van der Waals surface area (Å²) in [5.41, 5.74) is 2.35. The van der Waals surface area contributed by atoms with Crippen molar-refractivity contribution >= 4 is 5.69 Å². The molecular weight excluding hydrogens is 260 g/mol. The van der Waals surface area contributed by atoms with E-state index in [1.54, 1.807) is 7.11 Å². The van der Waals surface area contributed by atoms with Crippen molar-refractivity contribution in [2.75, 3.05) is 12.0 Å². The minimum atomic E-state index is 0.0850. The molecule has 1 heterocycles. The Bertz CT molecular complexity index is 459. The monoisotopic (exact) mass is 290 g/mol. The lowest BCUT2D eigenvalue weighted by Crippen LogP contribution is -2.49. The highest BCUT2D eigenvalue weighted by Crippen LogP contribution is 2.39. The van der Waals surface area contributed by atoms with Crippen molar-refractivity contribution in [1.82, 2.24) is 4.98 Å². The van der Waals surface area contributed by atoms with Crippen molar-refractivity contribution < 1.29 is 4.74 Å². The van der Waals surface area contributed by atoms with Crippen molar-refractivity contribution in [1.29, 1.82) is 0 Å². The summed E-state index contributed by atoms with van der Waals surface area (Å²) in [5, 5.41) is 0. The summed E-state index contributed by atoms with van der Waals surface area (Å²) >= 11 is 0. The molecule has 1 aromatic rings. The molecule has 0 aromatic carbocycles. The summed E-state index contributed by atoms with van der Waals surface area (Å²) in [7, 11) is 1.77. The van der Waals surface area contributed by atoms with Gasteiger partial charge in [0.25, 0.3) is 0 Å². The maximum absolute atomic E-state index is 5.73. The van der Waals surface area contributed by atoms with E-state index in [9.17, 15) is 0 Å². The zero-order valence-corrected chi connectivity index (χ0v) is 14.3. The van der Waals surface area contributed by atoms with Gasteiger partial charge in [-0.1, -0.05) is 26.2 Å². The van der Waals surface area contributed by atoms with Crippen LogP contribution in [0.5, 0.6) is 5.75 Å². The lowest BCUT2D eigenvalue weighted by Gasteiger charge is -2.45. The Kier molecular flexibility index (Phi) is 5.13. The first-order chi connectivity index (χ1) is 9.99. The van der Waals surface area contributed by atoms with Gasteiger partial charge in [-0.25, -0.2) is 0 Å².